The van der Waals surface area contributed by atoms with Gasteiger partial charge in [-0.2, -0.15) is 0 Å². The Labute approximate surface area is 93.0 Å². The summed E-state index contributed by atoms with van der Waals surface area (Å²) in [6.07, 6.45) is 3.80. The average Bonchev–Trinajstić information content (AvgIpc) is 2.65. The summed E-state index contributed by atoms with van der Waals surface area (Å²) in [5.41, 5.74) is 0.657. The molecule has 2 atom stereocenters. The zero-order valence-corrected chi connectivity index (χ0v) is 10.1. The first-order chi connectivity index (χ1) is 7.12. The van der Waals surface area contributed by atoms with E-state index in [9.17, 15) is 0 Å². The standard InChI is InChI=1S/C12H24N2O/c1-11(4-3-6-13-8-11)9-14-12(2)5-7-15-10-12/h13-14H,3-10H2,1-2H3. The van der Waals surface area contributed by atoms with Crippen LogP contribution in [0.5, 0.6) is 0 Å². The maximum absolute atomic E-state index is 5.45. The summed E-state index contributed by atoms with van der Waals surface area (Å²) in [6, 6.07) is 0. The number of rotatable bonds is 3. The summed E-state index contributed by atoms with van der Waals surface area (Å²) >= 11 is 0. The topological polar surface area (TPSA) is 33.3 Å². The van der Waals surface area contributed by atoms with Crippen LogP contribution in [0.15, 0.2) is 0 Å². The molecule has 2 aliphatic heterocycles. The van der Waals surface area contributed by atoms with Gasteiger partial charge in [-0.1, -0.05) is 6.92 Å². The van der Waals surface area contributed by atoms with Gasteiger partial charge in [-0.3, -0.25) is 0 Å². The molecule has 0 bridgehead atoms. The third kappa shape index (κ3) is 2.92. The second-order valence-electron chi connectivity index (χ2n) is 5.81. The molecule has 0 aromatic carbocycles. The van der Waals surface area contributed by atoms with Gasteiger partial charge in [0.05, 0.1) is 6.61 Å². The Bertz CT molecular complexity index is 206. The SMILES string of the molecule is CC1(CNC2(C)CCOC2)CCCNC1. The van der Waals surface area contributed by atoms with Crippen LogP contribution < -0.4 is 10.6 Å². The maximum atomic E-state index is 5.45. The quantitative estimate of drug-likeness (QED) is 0.736. The normalized spacial score (nSPS) is 42.0. The Hall–Kier alpha value is -0.120. The molecule has 0 saturated carbocycles. The Balaban J connectivity index is 1.80. The molecule has 2 rings (SSSR count). The lowest BCUT2D eigenvalue weighted by Crippen LogP contribution is -2.51. The Morgan fingerprint density at radius 1 is 1.33 bits per heavy atom. The molecule has 2 N–H and O–H groups in total. The van der Waals surface area contributed by atoms with E-state index >= 15 is 0 Å². The molecular weight excluding hydrogens is 188 g/mol. The second-order valence-corrected chi connectivity index (χ2v) is 5.81. The van der Waals surface area contributed by atoms with E-state index in [0.717, 1.165) is 32.7 Å². The number of ether oxygens (including phenoxy) is 1. The van der Waals surface area contributed by atoms with Gasteiger partial charge in [0.1, 0.15) is 0 Å². The third-order valence-corrected chi connectivity index (χ3v) is 3.85. The predicted molar refractivity (Wildman–Crippen MR) is 62.1 cm³/mol. The highest BCUT2D eigenvalue weighted by atomic mass is 16.5. The number of hydrogen-bond donors (Lipinski definition) is 2. The van der Waals surface area contributed by atoms with Crippen molar-refractivity contribution in [2.24, 2.45) is 5.41 Å². The van der Waals surface area contributed by atoms with E-state index in [4.69, 9.17) is 4.74 Å². The number of piperidine rings is 1. The van der Waals surface area contributed by atoms with Crippen LogP contribution >= 0.6 is 0 Å². The van der Waals surface area contributed by atoms with Crippen molar-refractivity contribution < 1.29 is 4.74 Å². The first-order valence-electron chi connectivity index (χ1n) is 6.16. The first kappa shape index (κ1) is 11.4. The van der Waals surface area contributed by atoms with Crippen LogP contribution in [-0.2, 0) is 4.74 Å². The molecule has 3 nitrogen and oxygen atoms in total. The van der Waals surface area contributed by atoms with Crippen molar-refractivity contribution in [1.29, 1.82) is 0 Å². The predicted octanol–water partition coefficient (Wildman–Crippen LogP) is 1.14. The van der Waals surface area contributed by atoms with Crippen molar-refractivity contribution in [3.8, 4) is 0 Å². The average molecular weight is 212 g/mol. The largest absolute Gasteiger partial charge is 0.379 e. The molecule has 2 heterocycles. The van der Waals surface area contributed by atoms with E-state index in [2.05, 4.69) is 24.5 Å². The van der Waals surface area contributed by atoms with Gasteiger partial charge in [-0.15, -0.1) is 0 Å². The fourth-order valence-corrected chi connectivity index (χ4v) is 2.50. The molecule has 88 valence electrons. The highest BCUT2D eigenvalue weighted by molar-refractivity contribution is 4.91. The zero-order valence-electron chi connectivity index (χ0n) is 10.1. The van der Waals surface area contributed by atoms with Gasteiger partial charge in [-0.05, 0) is 38.1 Å². The van der Waals surface area contributed by atoms with Crippen LogP contribution in [0.1, 0.15) is 33.1 Å². The van der Waals surface area contributed by atoms with E-state index in [-0.39, 0.29) is 5.54 Å². The van der Waals surface area contributed by atoms with Gasteiger partial charge in [0.25, 0.3) is 0 Å². The van der Waals surface area contributed by atoms with E-state index in [0.29, 0.717) is 5.41 Å². The molecule has 0 aromatic heterocycles. The van der Waals surface area contributed by atoms with E-state index < -0.39 is 0 Å². The van der Waals surface area contributed by atoms with Crippen molar-refractivity contribution >= 4 is 0 Å². The van der Waals surface area contributed by atoms with Gasteiger partial charge < -0.3 is 15.4 Å². The van der Waals surface area contributed by atoms with Gasteiger partial charge in [-0.25, -0.2) is 0 Å². The molecule has 2 fully saturated rings. The minimum atomic E-state index is 0.223. The maximum Gasteiger partial charge on any atom is 0.0646 e. The molecule has 2 saturated heterocycles. The molecule has 0 radical (unpaired) electrons. The zero-order chi connectivity index (χ0) is 10.8. The van der Waals surface area contributed by atoms with E-state index in [1.54, 1.807) is 0 Å². The van der Waals surface area contributed by atoms with E-state index in [1.165, 1.54) is 19.4 Å². The highest BCUT2D eigenvalue weighted by Crippen LogP contribution is 2.26. The van der Waals surface area contributed by atoms with Gasteiger partial charge >= 0.3 is 0 Å². The fourth-order valence-electron chi connectivity index (χ4n) is 2.50. The molecule has 0 aliphatic carbocycles. The summed E-state index contributed by atoms with van der Waals surface area (Å²) in [7, 11) is 0. The molecule has 0 aromatic rings. The lowest BCUT2D eigenvalue weighted by molar-refractivity contribution is 0.155. The number of nitrogens with one attached hydrogen (secondary N) is 2. The third-order valence-electron chi connectivity index (χ3n) is 3.85. The van der Waals surface area contributed by atoms with Crippen LogP contribution in [0.2, 0.25) is 0 Å². The molecule has 0 spiro atoms. The van der Waals surface area contributed by atoms with Crippen LogP contribution in [0.4, 0.5) is 0 Å². The smallest absolute Gasteiger partial charge is 0.0646 e. The Morgan fingerprint density at radius 2 is 2.20 bits per heavy atom. The minimum absolute atomic E-state index is 0.223. The van der Waals surface area contributed by atoms with Crippen molar-refractivity contribution in [1.82, 2.24) is 10.6 Å². The molecular formula is C12H24N2O. The lowest BCUT2D eigenvalue weighted by atomic mass is 9.82. The Morgan fingerprint density at radius 3 is 2.80 bits per heavy atom. The molecule has 15 heavy (non-hydrogen) atoms. The van der Waals surface area contributed by atoms with Gasteiger partial charge in [0.2, 0.25) is 0 Å². The lowest BCUT2D eigenvalue weighted by Gasteiger charge is -2.37. The van der Waals surface area contributed by atoms with Crippen molar-refractivity contribution in [2.45, 2.75) is 38.6 Å². The summed E-state index contributed by atoms with van der Waals surface area (Å²) < 4.78 is 5.45. The fraction of sp³-hybridized carbons (Fsp3) is 1.00. The monoisotopic (exact) mass is 212 g/mol. The first-order valence-corrected chi connectivity index (χ1v) is 6.16. The summed E-state index contributed by atoms with van der Waals surface area (Å²) in [5.74, 6) is 0. The van der Waals surface area contributed by atoms with Gasteiger partial charge in [0.15, 0.2) is 0 Å². The Kier molecular flexibility index (Phi) is 3.33. The summed E-state index contributed by atoms with van der Waals surface area (Å²) in [5, 5.41) is 7.20. The van der Waals surface area contributed by atoms with E-state index in [1.807, 2.05) is 0 Å². The number of hydrogen-bond acceptors (Lipinski definition) is 3. The minimum Gasteiger partial charge on any atom is -0.379 e. The molecule has 2 unspecified atom stereocenters. The summed E-state index contributed by atoms with van der Waals surface area (Å²) in [6.45, 7) is 9.90. The van der Waals surface area contributed by atoms with Crippen LogP contribution in [-0.4, -0.2) is 38.4 Å². The van der Waals surface area contributed by atoms with Crippen molar-refractivity contribution in [2.75, 3.05) is 32.8 Å². The van der Waals surface area contributed by atoms with Crippen LogP contribution in [0, 0.1) is 5.41 Å². The van der Waals surface area contributed by atoms with Crippen LogP contribution in [0.25, 0.3) is 0 Å². The van der Waals surface area contributed by atoms with Gasteiger partial charge in [0, 0.05) is 25.2 Å². The van der Waals surface area contributed by atoms with Crippen molar-refractivity contribution in [3.63, 3.8) is 0 Å². The second kappa shape index (κ2) is 4.40. The van der Waals surface area contributed by atoms with Crippen LogP contribution in [0.3, 0.4) is 0 Å². The molecule has 3 heteroatoms. The highest BCUT2D eigenvalue weighted by Gasteiger charge is 2.33. The molecule has 2 aliphatic rings. The summed E-state index contributed by atoms with van der Waals surface area (Å²) in [4.78, 5) is 0. The van der Waals surface area contributed by atoms with Crippen molar-refractivity contribution in [3.05, 3.63) is 0 Å². The molecule has 0 amide bonds.